The summed E-state index contributed by atoms with van der Waals surface area (Å²) in [6.07, 6.45) is 4.29. The number of piperidine rings is 1. The van der Waals surface area contributed by atoms with Crippen LogP contribution in [0.4, 0.5) is 0 Å². The van der Waals surface area contributed by atoms with Gasteiger partial charge in [-0.15, -0.1) is 0 Å². The Bertz CT molecular complexity index is 867. The van der Waals surface area contributed by atoms with Gasteiger partial charge in [0.2, 0.25) is 0 Å². The molecule has 1 saturated heterocycles. The van der Waals surface area contributed by atoms with Crippen LogP contribution in [-0.4, -0.2) is 36.5 Å². The standard InChI is InChI=1S/C20H21Cl2N3O3/c1-13(21)3-6-17(23-2)24-18(26)19(27)25-9-7-20(8-10-25)16-5-4-15(22)11-14(16)12-28-20/h3-6,11H,2,7-10,12H2,1H3,(H,24,26)/b13-3+,17-6+. The fourth-order valence-electron chi connectivity index (χ4n) is 3.55. The molecule has 2 aliphatic rings. The van der Waals surface area contributed by atoms with E-state index in [-0.39, 0.29) is 5.82 Å². The third kappa shape index (κ3) is 4.29. The quantitative estimate of drug-likeness (QED) is 0.461. The van der Waals surface area contributed by atoms with Crippen LogP contribution in [0.5, 0.6) is 0 Å². The van der Waals surface area contributed by atoms with Crippen molar-refractivity contribution in [2.45, 2.75) is 32.0 Å². The number of amides is 2. The molecular formula is C20H21Cl2N3O3. The summed E-state index contributed by atoms with van der Waals surface area (Å²) in [7, 11) is 0. The van der Waals surface area contributed by atoms with Gasteiger partial charge in [-0.25, -0.2) is 4.99 Å². The summed E-state index contributed by atoms with van der Waals surface area (Å²) >= 11 is 11.8. The average Bonchev–Trinajstić information content (AvgIpc) is 3.02. The van der Waals surface area contributed by atoms with E-state index in [1.54, 1.807) is 13.0 Å². The van der Waals surface area contributed by atoms with Crippen molar-refractivity contribution in [2.24, 2.45) is 4.99 Å². The van der Waals surface area contributed by atoms with E-state index in [0.29, 0.717) is 42.6 Å². The smallest absolute Gasteiger partial charge is 0.315 e. The lowest BCUT2D eigenvalue weighted by Crippen LogP contribution is -2.49. The predicted octanol–water partition coefficient (Wildman–Crippen LogP) is 3.49. The Morgan fingerprint density at radius 2 is 2.04 bits per heavy atom. The second-order valence-corrected chi connectivity index (χ2v) is 7.83. The summed E-state index contributed by atoms with van der Waals surface area (Å²) in [5.74, 6) is -1.20. The molecule has 3 rings (SSSR count). The van der Waals surface area contributed by atoms with Crippen molar-refractivity contribution in [1.29, 1.82) is 0 Å². The van der Waals surface area contributed by atoms with Gasteiger partial charge in [-0.1, -0.05) is 29.3 Å². The van der Waals surface area contributed by atoms with Crippen molar-refractivity contribution < 1.29 is 14.3 Å². The molecule has 6 nitrogen and oxygen atoms in total. The summed E-state index contributed by atoms with van der Waals surface area (Å²) in [5, 5.41) is 3.65. The zero-order chi connectivity index (χ0) is 20.3. The van der Waals surface area contributed by atoms with Crippen LogP contribution in [0, 0.1) is 0 Å². The molecule has 1 fully saturated rings. The van der Waals surface area contributed by atoms with E-state index in [0.717, 1.165) is 11.1 Å². The van der Waals surface area contributed by atoms with E-state index < -0.39 is 17.4 Å². The van der Waals surface area contributed by atoms with Crippen LogP contribution >= 0.6 is 23.2 Å². The number of rotatable bonds is 3. The van der Waals surface area contributed by atoms with E-state index in [2.05, 4.69) is 17.0 Å². The van der Waals surface area contributed by atoms with Crippen molar-refractivity contribution >= 4 is 41.7 Å². The van der Waals surface area contributed by atoms with Crippen molar-refractivity contribution in [2.75, 3.05) is 13.1 Å². The number of nitrogens with one attached hydrogen (secondary N) is 1. The molecule has 0 radical (unpaired) electrons. The highest BCUT2D eigenvalue weighted by Gasteiger charge is 2.44. The molecule has 28 heavy (non-hydrogen) atoms. The zero-order valence-corrected chi connectivity index (χ0v) is 17.0. The number of aliphatic imine (C=N–C) groups is 1. The van der Waals surface area contributed by atoms with E-state index >= 15 is 0 Å². The molecular weight excluding hydrogens is 401 g/mol. The third-order valence-electron chi connectivity index (χ3n) is 5.00. The molecule has 0 aliphatic carbocycles. The molecule has 1 spiro atoms. The number of benzene rings is 1. The van der Waals surface area contributed by atoms with Crippen LogP contribution in [0.1, 0.15) is 30.9 Å². The maximum Gasteiger partial charge on any atom is 0.315 e. The Labute approximate surface area is 173 Å². The number of nitrogens with zero attached hydrogens (tertiary/aromatic N) is 2. The van der Waals surface area contributed by atoms with Gasteiger partial charge in [-0.3, -0.25) is 9.59 Å². The normalized spacial score (nSPS) is 18.8. The van der Waals surface area contributed by atoms with Crippen molar-refractivity contribution in [3.05, 3.63) is 57.4 Å². The SMILES string of the molecule is C=N/C(=C\C=C(/C)Cl)NC(=O)C(=O)N1CCC2(CC1)OCc1cc(Cl)ccc12. The fourth-order valence-corrected chi connectivity index (χ4v) is 3.80. The number of halogens is 2. The van der Waals surface area contributed by atoms with Crippen molar-refractivity contribution in [3.63, 3.8) is 0 Å². The van der Waals surface area contributed by atoms with Gasteiger partial charge in [0.15, 0.2) is 0 Å². The second kappa shape index (κ2) is 8.47. The topological polar surface area (TPSA) is 71.0 Å². The first kappa shape index (κ1) is 20.6. The van der Waals surface area contributed by atoms with E-state index in [1.165, 1.54) is 11.0 Å². The van der Waals surface area contributed by atoms with Gasteiger partial charge in [0, 0.05) is 23.1 Å². The third-order valence-corrected chi connectivity index (χ3v) is 5.36. The minimum absolute atomic E-state index is 0.164. The summed E-state index contributed by atoms with van der Waals surface area (Å²) < 4.78 is 6.08. The molecule has 1 aromatic rings. The van der Waals surface area contributed by atoms with E-state index in [4.69, 9.17) is 27.9 Å². The number of carbonyl (C=O) groups is 2. The molecule has 1 N–H and O–H groups in total. The summed E-state index contributed by atoms with van der Waals surface area (Å²) in [4.78, 5) is 30.0. The lowest BCUT2D eigenvalue weighted by Gasteiger charge is -2.39. The Kier molecular flexibility index (Phi) is 6.23. The lowest BCUT2D eigenvalue weighted by molar-refractivity contribution is -0.149. The van der Waals surface area contributed by atoms with Gasteiger partial charge in [-0.05, 0) is 61.9 Å². The maximum absolute atomic E-state index is 12.5. The highest BCUT2D eigenvalue weighted by molar-refractivity contribution is 6.35. The van der Waals surface area contributed by atoms with Crippen LogP contribution < -0.4 is 5.32 Å². The minimum atomic E-state index is -0.755. The highest BCUT2D eigenvalue weighted by Crippen LogP contribution is 2.44. The van der Waals surface area contributed by atoms with Gasteiger partial charge in [-0.2, -0.15) is 0 Å². The number of likely N-dealkylation sites (tertiary alicyclic amines) is 1. The van der Waals surface area contributed by atoms with Crippen LogP contribution in [0.15, 0.2) is 46.2 Å². The lowest BCUT2D eigenvalue weighted by atomic mass is 9.84. The Balaban J connectivity index is 1.63. The Hall–Kier alpha value is -2.15. The van der Waals surface area contributed by atoms with Gasteiger partial charge in [0.1, 0.15) is 5.82 Å². The highest BCUT2D eigenvalue weighted by atomic mass is 35.5. The van der Waals surface area contributed by atoms with Crippen LogP contribution in [0.3, 0.4) is 0 Å². The molecule has 0 unspecified atom stereocenters. The van der Waals surface area contributed by atoms with Gasteiger partial charge >= 0.3 is 11.8 Å². The Morgan fingerprint density at radius 3 is 2.68 bits per heavy atom. The predicted molar refractivity (Wildman–Crippen MR) is 109 cm³/mol. The van der Waals surface area contributed by atoms with Gasteiger partial charge in [0.05, 0.1) is 12.2 Å². The summed E-state index contributed by atoms with van der Waals surface area (Å²) in [6, 6.07) is 5.77. The summed E-state index contributed by atoms with van der Waals surface area (Å²) in [5.41, 5.74) is 1.79. The molecule has 2 amide bonds. The van der Waals surface area contributed by atoms with Crippen LogP contribution in [0.25, 0.3) is 0 Å². The average molecular weight is 422 g/mol. The molecule has 0 aromatic heterocycles. The summed E-state index contributed by atoms with van der Waals surface area (Å²) in [6.45, 7) is 6.43. The second-order valence-electron chi connectivity index (χ2n) is 6.79. The molecule has 148 valence electrons. The molecule has 2 aliphatic heterocycles. The van der Waals surface area contributed by atoms with Gasteiger partial charge < -0.3 is 15.0 Å². The van der Waals surface area contributed by atoms with E-state index in [9.17, 15) is 9.59 Å². The number of fused-ring (bicyclic) bond motifs is 2. The largest absolute Gasteiger partial charge is 0.365 e. The molecule has 0 bridgehead atoms. The first-order valence-electron chi connectivity index (χ1n) is 8.88. The fraction of sp³-hybridized carbons (Fsp3) is 0.350. The van der Waals surface area contributed by atoms with E-state index in [1.807, 2.05) is 18.2 Å². The van der Waals surface area contributed by atoms with Crippen molar-refractivity contribution in [3.8, 4) is 0 Å². The van der Waals surface area contributed by atoms with Gasteiger partial charge in [0.25, 0.3) is 0 Å². The number of allylic oxidation sites excluding steroid dienone is 3. The van der Waals surface area contributed by atoms with Crippen LogP contribution in [0.2, 0.25) is 5.02 Å². The molecule has 0 saturated carbocycles. The molecule has 2 heterocycles. The zero-order valence-electron chi connectivity index (χ0n) is 15.5. The molecule has 8 heteroatoms. The number of hydrogen-bond donors (Lipinski definition) is 1. The van der Waals surface area contributed by atoms with Crippen molar-refractivity contribution in [1.82, 2.24) is 10.2 Å². The minimum Gasteiger partial charge on any atom is -0.365 e. The Morgan fingerprint density at radius 1 is 1.32 bits per heavy atom. The molecule has 1 aromatic carbocycles. The molecule has 0 atom stereocenters. The monoisotopic (exact) mass is 421 g/mol. The maximum atomic E-state index is 12.5. The first-order valence-corrected chi connectivity index (χ1v) is 9.64. The number of ether oxygens (including phenoxy) is 1. The first-order chi connectivity index (χ1) is 13.3. The van der Waals surface area contributed by atoms with Crippen LogP contribution in [-0.2, 0) is 26.5 Å². The number of carbonyl (C=O) groups excluding carboxylic acids is 2. The number of hydrogen-bond acceptors (Lipinski definition) is 4.